The SMILES string of the molecule is N#CC1(Sc2ccccc2)[CH]C=CC=C1. The third kappa shape index (κ3) is 2.31. The molecule has 2 heteroatoms. The number of hydrogen-bond donors (Lipinski definition) is 0. The van der Waals surface area contributed by atoms with Gasteiger partial charge in [0.25, 0.3) is 0 Å². The third-order valence-corrected chi connectivity index (χ3v) is 3.32. The Hall–Kier alpha value is -1.46. The number of hydrogen-bond acceptors (Lipinski definition) is 2. The van der Waals surface area contributed by atoms with E-state index in [0.717, 1.165) is 4.90 Å². The molecule has 1 aromatic carbocycles. The van der Waals surface area contributed by atoms with Gasteiger partial charge in [0.15, 0.2) is 0 Å². The van der Waals surface area contributed by atoms with Crippen LogP contribution in [0.25, 0.3) is 0 Å². The average molecular weight is 212 g/mol. The highest BCUT2D eigenvalue weighted by molar-refractivity contribution is 8.01. The molecule has 1 atom stereocenters. The zero-order chi connectivity index (χ0) is 10.6. The van der Waals surface area contributed by atoms with Gasteiger partial charge in [-0.2, -0.15) is 5.26 Å². The fraction of sp³-hybridized carbons (Fsp3) is 0.0769. The lowest BCUT2D eigenvalue weighted by Gasteiger charge is -2.21. The number of nitrogens with zero attached hydrogens (tertiary/aromatic N) is 1. The zero-order valence-electron chi connectivity index (χ0n) is 8.13. The van der Waals surface area contributed by atoms with Gasteiger partial charge in [0.2, 0.25) is 0 Å². The Kier molecular flexibility index (Phi) is 2.94. The smallest absolute Gasteiger partial charge is 0.132 e. The molecular weight excluding hydrogens is 202 g/mol. The Morgan fingerprint density at radius 1 is 1.07 bits per heavy atom. The highest BCUT2D eigenvalue weighted by Crippen LogP contribution is 2.37. The second kappa shape index (κ2) is 4.37. The van der Waals surface area contributed by atoms with Crippen molar-refractivity contribution >= 4 is 11.8 Å². The van der Waals surface area contributed by atoms with Gasteiger partial charge in [0, 0.05) is 11.3 Å². The quantitative estimate of drug-likeness (QED) is 0.750. The summed E-state index contributed by atoms with van der Waals surface area (Å²) < 4.78 is -0.546. The van der Waals surface area contributed by atoms with Crippen molar-refractivity contribution in [1.29, 1.82) is 5.26 Å². The minimum Gasteiger partial charge on any atom is -0.196 e. The summed E-state index contributed by atoms with van der Waals surface area (Å²) in [7, 11) is 0. The van der Waals surface area contributed by atoms with E-state index in [2.05, 4.69) is 6.07 Å². The van der Waals surface area contributed by atoms with E-state index in [0.29, 0.717) is 0 Å². The summed E-state index contributed by atoms with van der Waals surface area (Å²) in [4.78, 5) is 1.11. The predicted molar refractivity (Wildman–Crippen MR) is 63.2 cm³/mol. The Bertz CT molecular complexity index is 428. The number of thioether (sulfide) groups is 1. The molecule has 1 nitrogen and oxygen atoms in total. The lowest BCUT2D eigenvalue weighted by atomic mass is 10.0. The van der Waals surface area contributed by atoms with Gasteiger partial charge in [-0.1, -0.05) is 54.3 Å². The lowest BCUT2D eigenvalue weighted by molar-refractivity contribution is 1.06. The number of rotatable bonds is 2. The molecule has 0 saturated carbocycles. The first-order valence-electron chi connectivity index (χ1n) is 4.70. The minimum atomic E-state index is -0.546. The molecule has 0 heterocycles. The summed E-state index contributed by atoms with van der Waals surface area (Å²) >= 11 is 1.56. The Morgan fingerprint density at radius 2 is 1.87 bits per heavy atom. The van der Waals surface area contributed by atoms with Crippen LogP contribution in [-0.2, 0) is 0 Å². The molecule has 0 aromatic heterocycles. The van der Waals surface area contributed by atoms with Crippen molar-refractivity contribution in [3.05, 3.63) is 61.1 Å². The van der Waals surface area contributed by atoms with Crippen molar-refractivity contribution in [1.82, 2.24) is 0 Å². The minimum absolute atomic E-state index is 0.546. The molecule has 1 radical (unpaired) electrons. The van der Waals surface area contributed by atoms with E-state index < -0.39 is 4.75 Å². The number of benzene rings is 1. The first-order chi connectivity index (χ1) is 7.35. The van der Waals surface area contributed by atoms with E-state index in [1.807, 2.05) is 61.1 Å². The Morgan fingerprint density at radius 3 is 2.47 bits per heavy atom. The van der Waals surface area contributed by atoms with E-state index in [1.54, 1.807) is 11.8 Å². The van der Waals surface area contributed by atoms with Gasteiger partial charge in [0.05, 0.1) is 6.07 Å². The molecule has 73 valence electrons. The Labute approximate surface area is 94.1 Å². The van der Waals surface area contributed by atoms with Crippen LogP contribution >= 0.6 is 11.8 Å². The van der Waals surface area contributed by atoms with Crippen LogP contribution in [0, 0.1) is 17.8 Å². The van der Waals surface area contributed by atoms with Gasteiger partial charge >= 0.3 is 0 Å². The Balaban J connectivity index is 2.20. The molecule has 0 saturated heterocycles. The fourth-order valence-electron chi connectivity index (χ4n) is 1.37. The number of nitriles is 1. The maximum Gasteiger partial charge on any atom is 0.132 e. The molecular formula is C13H10NS. The van der Waals surface area contributed by atoms with Crippen molar-refractivity contribution in [2.45, 2.75) is 9.64 Å². The normalized spacial score (nSPS) is 23.7. The van der Waals surface area contributed by atoms with Crippen LogP contribution in [0.3, 0.4) is 0 Å². The molecule has 0 N–H and O–H groups in total. The predicted octanol–water partition coefficient (Wildman–Crippen LogP) is 3.37. The van der Waals surface area contributed by atoms with Crippen molar-refractivity contribution in [3.63, 3.8) is 0 Å². The van der Waals surface area contributed by atoms with Crippen LogP contribution < -0.4 is 0 Å². The van der Waals surface area contributed by atoms with Crippen LogP contribution in [0.5, 0.6) is 0 Å². The highest BCUT2D eigenvalue weighted by Gasteiger charge is 2.28. The molecule has 0 amide bonds. The van der Waals surface area contributed by atoms with Crippen molar-refractivity contribution < 1.29 is 0 Å². The molecule has 0 fully saturated rings. The summed E-state index contributed by atoms with van der Waals surface area (Å²) in [5, 5.41) is 9.22. The molecule has 1 aromatic rings. The van der Waals surface area contributed by atoms with Gasteiger partial charge in [-0.25, -0.2) is 0 Å². The van der Waals surface area contributed by atoms with Gasteiger partial charge in [0.1, 0.15) is 4.75 Å². The topological polar surface area (TPSA) is 23.8 Å². The van der Waals surface area contributed by atoms with Gasteiger partial charge in [-0.3, -0.25) is 0 Å². The van der Waals surface area contributed by atoms with Crippen LogP contribution in [0.2, 0.25) is 0 Å². The first-order valence-corrected chi connectivity index (χ1v) is 5.52. The maximum absolute atomic E-state index is 9.22. The van der Waals surface area contributed by atoms with Crippen molar-refractivity contribution in [2.24, 2.45) is 0 Å². The van der Waals surface area contributed by atoms with E-state index >= 15 is 0 Å². The van der Waals surface area contributed by atoms with Gasteiger partial charge in [-0.05, 0) is 12.1 Å². The molecule has 0 spiro atoms. The summed E-state index contributed by atoms with van der Waals surface area (Å²) in [6.45, 7) is 0. The van der Waals surface area contributed by atoms with E-state index in [4.69, 9.17) is 0 Å². The fourth-order valence-corrected chi connectivity index (χ4v) is 2.39. The molecule has 15 heavy (non-hydrogen) atoms. The van der Waals surface area contributed by atoms with Crippen molar-refractivity contribution in [3.8, 4) is 6.07 Å². The summed E-state index contributed by atoms with van der Waals surface area (Å²) in [5.41, 5.74) is 0. The maximum atomic E-state index is 9.22. The van der Waals surface area contributed by atoms with Crippen LogP contribution in [0.1, 0.15) is 0 Å². The first kappa shape index (κ1) is 10.1. The van der Waals surface area contributed by atoms with Gasteiger partial charge < -0.3 is 0 Å². The van der Waals surface area contributed by atoms with Crippen molar-refractivity contribution in [2.75, 3.05) is 0 Å². The molecule has 1 aliphatic carbocycles. The zero-order valence-corrected chi connectivity index (χ0v) is 8.95. The van der Waals surface area contributed by atoms with E-state index in [-0.39, 0.29) is 0 Å². The molecule has 0 bridgehead atoms. The monoisotopic (exact) mass is 212 g/mol. The molecule has 0 aliphatic heterocycles. The second-order valence-electron chi connectivity index (χ2n) is 3.23. The van der Waals surface area contributed by atoms with E-state index in [1.165, 1.54) is 0 Å². The average Bonchev–Trinajstić information content (AvgIpc) is 2.32. The van der Waals surface area contributed by atoms with Crippen LogP contribution in [0.4, 0.5) is 0 Å². The summed E-state index contributed by atoms with van der Waals surface area (Å²) in [6, 6.07) is 12.3. The standard InChI is InChI=1S/C13H10NS/c14-11-13(9-5-2-6-10-13)15-12-7-3-1-4-8-12/h1-10H. The second-order valence-corrected chi connectivity index (χ2v) is 4.58. The molecule has 1 unspecified atom stereocenters. The third-order valence-electron chi connectivity index (χ3n) is 2.11. The lowest BCUT2D eigenvalue weighted by Crippen LogP contribution is -2.20. The van der Waals surface area contributed by atoms with Crippen LogP contribution in [-0.4, -0.2) is 4.75 Å². The summed E-state index contributed by atoms with van der Waals surface area (Å²) in [5.74, 6) is 0. The number of allylic oxidation sites excluding steroid dienone is 3. The van der Waals surface area contributed by atoms with Crippen LogP contribution in [0.15, 0.2) is 59.5 Å². The van der Waals surface area contributed by atoms with E-state index in [9.17, 15) is 5.26 Å². The summed E-state index contributed by atoms with van der Waals surface area (Å²) in [6.07, 6.45) is 9.61. The largest absolute Gasteiger partial charge is 0.196 e. The highest BCUT2D eigenvalue weighted by atomic mass is 32.2. The molecule has 1 aliphatic rings. The molecule has 2 rings (SSSR count). The van der Waals surface area contributed by atoms with Gasteiger partial charge in [-0.15, -0.1) is 0 Å².